The van der Waals surface area contributed by atoms with Crippen molar-refractivity contribution in [2.24, 2.45) is 5.14 Å². The number of nitrogens with two attached hydrogens (primary N) is 1. The van der Waals surface area contributed by atoms with E-state index in [0.29, 0.717) is 22.9 Å². The minimum absolute atomic E-state index is 0.0697. The average molecular weight is 403 g/mol. The molecule has 0 radical (unpaired) electrons. The molecular formula is C18H17N3O4S2. The fourth-order valence-corrected chi connectivity index (χ4v) is 3.80. The number of nitrogens with one attached hydrogen (secondary N) is 1. The van der Waals surface area contributed by atoms with Gasteiger partial charge >= 0.3 is 0 Å². The Bertz CT molecular complexity index is 1060. The summed E-state index contributed by atoms with van der Waals surface area (Å²) in [5, 5.41) is 8.33. The van der Waals surface area contributed by atoms with E-state index >= 15 is 0 Å². The van der Waals surface area contributed by atoms with Gasteiger partial charge in [0.2, 0.25) is 10.0 Å². The van der Waals surface area contributed by atoms with Crippen molar-refractivity contribution in [1.29, 1.82) is 0 Å². The minimum atomic E-state index is -3.70. The maximum Gasteiger partial charge on any atom is 0.261 e. The molecule has 2 aromatic carbocycles. The fourth-order valence-electron chi connectivity index (χ4n) is 2.44. The lowest BCUT2D eigenvalue weighted by molar-refractivity contribution is 0.102. The Kier molecular flexibility index (Phi) is 5.54. The monoisotopic (exact) mass is 403 g/mol. The summed E-state index contributed by atoms with van der Waals surface area (Å²) >= 11 is 1.35. The van der Waals surface area contributed by atoms with Crippen molar-refractivity contribution in [3.8, 4) is 5.75 Å². The number of amides is 1. The zero-order valence-electron chi connectivity index (χ0n) is 14.4. The van der Waals surface area contributed by atoms with Gasteiger partial charge < -0.3 is 4.74 Å². The van der Waals surface area contributed by atoms with Gasteiger partial charge in [-0.25, -0.2) is 18.5 Å². The smallest absolute Gasteiger partial charge is 0.261 e. The molecular weight excluding hydrogens is 386 g/mol. The third-order valence-corrected chi connectivity index (χ3v) is 5.60. The van der Waals surface area contributed by atoms with Crippen LogP contribution < -0.4 is 15.2 Å². The number of rotatable bonds is 6. The summed E-state index contributed by atoms with van der Waals surface area (Å²) in [6, 6.07) is 13.3. The van der Waals surface area contributed by atoms with Crippen LogP contribution in [0.3, 0.4) is 0 Å². The molecule has 0 aliphatic carbocycles. The number of hydrogen-bond acceptors (Lipinski definition) is 6. The molecule has 3 N–H and O–H groups in total. The maximum atomic E-state index is 12.4. The molecule has 0 bridgehead atoms. The second kappa shape index (κ2) is 7.87. The molecule has 3 rings (SSSR count). The van der Waals surface area contributed by atoms with Crippen LogP contribution in [-0.4, -0.2) is 26.4 Å². The number of thiazole rings is 1. The van der Waals surface area contributed by atoms with E-state index in [1.165, 1.54) is 30.6 Å². The lowest BCUT2D eigenvalue weighted by Crippen LogP contribution is -2.12. The Morgan fingerprint density at radius 2 is 1.89 bits per heavy atom. The number of sulfonamides is 1. The van der Waals surface area contributed by atoms with Gasteiger partial charge in [0.15, 0.2) is 5.13 Å². The van der Waals surface area contributed by atoms with Gasteiger partial charge in [0, 0.05) is 17.5 Å². The van der Waals surface area contributed by atoms with Crippen molar-refractivity contribution in [2.75, 3.05) is 12.4 Å². The molecule has 140 valence electrons. The molecule has 0 saturated carbocycles. The van der Waals surface area contributed by atoms with Crippen LogP contribution in [0.25, 0.3) is 0 Å². The Morgan fingerprint density at radius 1 is 1.19 bits per heavy atom. The maximum absolute atomic E-state index is 12.4. The van der Waals surface area contributed by atoms with Gasteiger partial charge in [0.1, 0.15) is 5.75 Å². The summed E-state index contributed by atoms with van der Waals surface area (Å²) in [6.45, 7) is 0. The normalized spacial score (nSPS) is 11.2. The number of carbonyl (C=O) groups excluding carboxylic acids is 1. The van der Waals surface area contributed by atoms with Gasteiger partial charge in [-0.3, -0.25) is 10.1 Å². The molecule has 0 saturated heterocycles. The SMILES string of the molecule is COc1ccccc1C(=O)Nc1ncc(Cc2ccc(S(N)(=O)=O)cc2)s1. The molecule has 27 heavy (non-hydrogen) atoms. The quantitative estimate of drug-likeness (QED) is 0.657. The summed E-state index contributed by atoms with van der Waals surface area (Å²) in [5.74, 6) is 0.188. The number of hydrogen-bond donors (Lipinski definition) is 2. The number of nitrogens with zero attached hydrogens (tertiary/aromatic N) is 1. The molecule has 0 unspecified atom stereocenters. The summed E-state index contributed by atoms with van der Waals surface area (Å²) in [7, 11) is -2.19. The molecule has 0 aliphatic heterocycles. The van der Waals surface area contributed by atoms with E-state index in [2.05, 4.69) is 10.3 Å². The van der Waals surface area contributed by atoms with Crippen LogP contribution in [0.2, 0.25) is 0 Å². The summed E-state index contributed by atoms with van der Waals surface area (Å²) in [5.41, 5.74) is 1.34. The highest BCUT2D eigenvalue weighted by molar-refractivity contribution is 7.89. The van der Waals surface area contributed by atoms with Crippen LogP contribution in [0, 0.1) is 0 Å². The predicted molar refractivity (Wildman–Crippen MR) is 104 cm³/mol. The van der Waals surface area contributed by atoms with Crippen molar-refractivity contribution in [1.82, 2.24) is 4.98 Å². The number of aromatic nitrogens is 1. The van der Waals surface area contributed by atoms with Crippen molar-refractivity contribution in [3.63, 3.8) is 0 Å². The number of benzene rings is 2. The van der Waals surface area contributed by atoms with E-state index in [-0.39, 0.29) is 10.8 Å². The van der Waals surface area contributed by atoms with Crippen molar-refractivity contribution in [3.05, 3.63) is 70.7 Å². The van der Waals surface area contributed by atoms with E-state index in [1.807, 2.05) is 0 Å². The molecule has 1 heterocycles. The van der Waals surface area contributed by atoms with Gasteiger partial charge in [0.25, 0.3) is 5.91 Å². The molecule has 0 atom stereocenters. The highest BCUT2D eigenvalue weighted by Gasteiger charge is 2.14. The number of anilines is 1. The Balaban J connectivity index is 1.69. The van der Waals surface area contributed by atoms with Gasteiger partial charge in [0.05, 0.1) is 17.6 Å². The average Bonchev–Trinajstić information content (AvgIpc) is 3.08. The number of ether oxygens (including phenoxy) is 1. The topological polar surface area (TPSA) is 111 Å². The van der Waals surface area contributed by atoms with Gasteiger partial charge in [-0.1, -0.05) is 24.3 Å². The van der Waals surface area contributed by atoms with Crippen LogP contribution in [0.15, 0.2) is 59.6 Å². The molecule has 9 heteroatoms. The minimum Gasteiger partial charge on any atom is -0.496 e. The zero-order valence-corrected chi connectivity index (χ0v) is 16.0. The van der Waals surface area contributed by atoms with Crippen LogP contribution >= 0.6 is 11.3 Å². The molecule has 0 spiro atoms. The summed E-state index contributed by atoms with van der Waals surface area (Å²) in [4.78, 5) is 17.6. The standard InChI is InChI=1S/C18H17N3O4S2/c1-25-16-5-3-2-4-15(16)17(22)21-18-20-11-13(26-18)10-12-6-8-14(9-7-12)27(19,23)24/h2-9,11H,10H2,1H3,(H2,19,23,24)(H,20,21,22). The van der Waals surface area contributed by atoms with E-state index in [0.717, 1.165) is 10.4 Å². The number of methoxy groups -OCH3 is 1. The Hall–Kier alpha value is -2.75. The summed E-state index contributed by atoms with van der Waals surface area (Å²) < 4.78 is 27.8. The van der Waals surface area contributed by atoms with Crippen molar-refractivity contribution in [2.45, 2.75) is 11.3 Å². The first-order valence-electron chi connectivity index (χ1n) is 7.87. The predicted octanol–water partition coefficient (Wildman–Crippen LogP) is 2.64. The highest BCUT2D eigenvalue weighted by Crippen LogP contribution is 2.24. The number of carbonyl (C=O) groups is 1. The number of para-hydroxylation sites is 1. The molecule has 1 amide bonds. The van der Waals surface area contributed by atoms with Crippen LogP contribution in [-0.2, 0) is 16.4 Å². The number of primary sulfonamides is 1. The second-order valence-corrected chi connectivity index (χ2v) is 8.33. The Morgan fingerprint density at radius 3 is 2.56 bits per heavy atom. The third kappa shape index (κ3) is 4.70. The summed E-state index contributed by atoms with van der Waals surface area (Å²) in [6.07, 6.45) is 2.24. The Labute approximate surface area is 160 Å². The first kappa shape index (κ1) is 19.0. The first-order valence-corrected chi connectivity index (χ1v) is 10.2. The van der Waals surface area contributed by atoms with E-state index in [1.54, 1.807) is 42.6 Å². The highest BCUT2D eigenvalue weighted by atomic mass is 32.2. The molecule has 0 aliphatic rings. The van der Waals surface area contributed by atoms with Crippen molar-refractivity contribution >= 4 is 32.4 Å². The lowest BCUT2D eigenvalue weighted by atomic mass is 10.1. The lowest BCUT2D eigenvalue weighted by Gasteiger charge is -2.07. The fraction of sp³-hybridized carbons (Fsp3) is 0.111. The van der Waals surface area contributed by atoms with Crippen LogP contribution in [0.1, 0.15) is 20.8 Å². The largest absolute Gasteiger partial charge is 0.496 e. The second-order valence-electron chi connectivity index (χ2n) is 5.65. The van der Waals surface area contributed by atoms with E-state index in [9.17, 15) is 13.2 Å². The first-order chi connectivity index (χ1) is 12.9. The zero-order chi connectivity index (χ0) is 19.4. The van der Waals surface area contributed by atoms with Crippen LogP contribution in [0.4, 0.5) is 5.13 Å². The third-order valence-electron chi connectivity index (χ3n) is 3.76. The van der Waals surface area contributed by atoms with Crippen molar-refractivity contribution < 1.29 is 17.9 Å². The van der Waals surface area contributed by atoms with Gasteiger partial charge in [-0.15, -0.1) is 11.3 Å². The molecule has 7 nitrogen and oxygen atoms in total. The van der Waals surface area contributed by atoms with Gasteiger partial charge in [-0.05, 0) is 29.8 Å². The van der Waals surface area contributed by atoms with Crippen LogP contribution in [0.5, 0.6) is 5.75 Å². The molecule has 1 aromatic heterocycles. The van der Waals surface area contributed by atoms with E-state index in [4.69, 9.17) is 9.88 Å². The molecule has 3 aromatic rings. The molecule has 0 fully saturated rings. The van der Waals surface area contributed by atoms with E-state index < -0.39 is 10.0 Å². The van der Waals surface area contributed by atoms with Gasteiger partial charge in [-0.2, -0.15) is 0 Å².